The molecule has 0 atom stereocenters. The number of ether oxygens (including phenoxy) is 1. The summed E-state index contributed by atoms with van der Waals surface area (Å²) in [6.07, 6.45) is 3.83. The Balaban J connectivity index is 1.35. The zero-order valence-corrected chi connectivity index (χ0v) is 22.8. The molecule has 6 rings (SSSR count). The summed E-state index contributed by atoms with van der Waals surface area (Å²) in [7, 11) is 3.38. The second-order valence-corrected chi connectivity index (χ2v) is 10.5. The van der Waals surface area contributed by atoms with Gasteiger partial charge in [-0.3, -0.25) is 9.69 Å². The molecular weight excluding hydrogens is 526 g/mol. The second-order valence-electron chi connectivity index (χ2n) is 8.69. The monoisotopic (exact) mass is 549 g/mol. The number of thiazole rings is 1. The number of carbonyl (C=O) groups excluding carboxylic acids is 1. The van der Waals surface area contributed by atoms with E-state index in [0.717, 1.165) is 39.5 Å². The highest BCUT2D eigenvalue weighted by molar-refractivity contribution is 8.18. The van der Waals surface area contributed by atoms with Crippen LogP contribution in [-0.4, -0.2) is 44.9 Å². The number of benzene rings is 3. The number of rotatable bonds is 6. The van der Waals surface area contributed by atoms with Crippen LogP contribution in [0.5, 0.6) is 5.75 Å². The van der Waals surface area contributed by atoms with E-state index < -0.39 is 0 Å². The molecule has 0 aliphatic carbocycles. The smallest absolute Gasteiger partial charge is 0.266 e. The van der Waals surface area contributed by atoms with E-state index in [2.05, 4.69) is 4.98 Å². The van der Waals surface area contributed by atoms with Gasteiger partial charge in [0.15, 0.2) is 5.17 Å². The van der Waals surface area contributed by atoms with Crippen molar-refractivity contribution in [2.24, 2.45) is 4.99 Å². The minimum atomic E-state index is -0.119. The molecule has 1 saturated heterocycles. The summed E-state index contributed by atoms with van der Waals surface area (Å²) in [4.78, 5) is 24.7. The normalized spacial score (nSPS) is 15.4. The molecule has 1 aliphatic heterocycles. The van der Waals surface area contributed by atoms with Gasteiger partial charge < -0.3 is 4.74 Å². The van der Waals surface area contributed by atoms with Gasteiger partial charge >= 0.3 is 0 Å². The van der Waals surface area contributed by atoms with Crippen LogP contribution < -0.4 is 4.74 Å². The predicted octanol–water partition coefficient (Wildman–Crippen LogP) is 6.91. The lowest BCUT2D eigenvalue weighted by Gasteiger charge is -2.05. The quantitative estimate of drug-likeness (QED) is 0.215. The molecule has 0 radical (unpaired) electrons. The van der Waals surface area contributed by atoms with Crippen molar-refractivity contribution >= 4 is 45.4 Å². The van der Waals surface area contributed by atoms with Crippen LogP contribution in [0.15, 0.2) is 106 Å². The topological polar surface area (TPSA) is 72.6 Å². The highest BCUT2D eigenvalue weighted by atomic mass is 32.2. The van der Waals surface area contributed by atoms with E-state index in [4.69, 9.17) is 14.8 Å². The summed E-state index contributed by atoms with van der Waals surface area (Å²) in [6, 6.07) is 27.6. The number of nitrogens with zero attached hydrogens (tertiary/aromatic N) is 5. The summed E-state index contributed by atoms with van der Waals surface area (Å²) >= 11 is 2.78. The molecule has 0 unspecified atom stereocenters. The highest BCUT2D eigenvalue weighted by Crippen LogP contribution is 2.36. The zero-order chi connectivity index (χ0) is 26.8. The zero-order valence-electron chi connectivity index (χ0n) is 21.2. The van der Waals surface area contributed by atoms with Gasteiger partial charge in [0.1, 0.15) is 5.75 Å². The van der Waals surface area contributed by atoms with E-state index in [1.807, 2.05) is 107 Å². The number of para-hydroxylation sites is 1. The average molecular weight is 550 g/mol. The van der Waals surface area contributed by atoms with Gasteiger partial charge in [-0.05, 0) is 54.2 Å². The summed E-state index contributed by atoms with van der Waals surface area (Å²) in [5.74, 6) is 0.648. The van der Waals surface area contributed by atoms with Crippen LogP contribution in [0, 0.1) is 0 Å². The Morgan fingerprint density at radius 3 is 2.36 bits per heavy atom. The Morgan fingerprint density at radius 1 is 0.923 bits per heavy atom. The number of aromatic nitrogens is 3. The standard InChI is InChI=1S/C30H23N5O2S2/c1-34-28(36)26(39-30(34)32-29-31-25(19-38-29)20-9-5-3-6-10-20)17-22-18-35(23-11-7-4-8-12-23)33-27(22)21-13-15-24(37-2)16-14-21/h3-19H,1-2H3/b26-17-,32-30+. The third-order valence-corrected chi connectivity index (χ3v) is 7.96. The first-order chi connectivity index (χ1) is 19.1. The maximum absolute atomic E-state index is 13.2. The number of methoxy groups -OCH3 is 1. The first-order valence-corrected chi connectivity index (χ1v) is 13.9. The van der Waals surface area contributed by atoms with E-state index in [1.165, 1.54) is 23.1 Å². The van der Waals surface area contributed by atoms with Gasteiger partial charge in [-0.15, -0.1) is 11.3 Å². The predicted molar refractivity (Wildman–Crippen MR) is 159 cm³/mol. The fourth-order valence-electron chi connectivity index (χ4n) is 4.11. The number of hydrogen-bond acceptors (Lipinski definition) is 7. The van der Waals surface area contributed by atoms with Gasteiger partial charge in [-0.2, -0.15) is 10.1 Å². The van der Waals surface area contributed by atoms with E-state index >= 15 is 0 Å². The van der Waals surface area contributed by atoms with Crippen LogP contribution in [0.4, 0.5) is 5.13 Å². The maximum atomic E-state index is 13.2. The van der Waals surface area contributed by atoms with Gasteiger partial charge in [-0.1, -0.05) is 48.5 Å². The lowest BCUT2D eigenvalue weighted by molar-refractivity contribution is -0.121. The average Bonchev–Trinajstić information content (AvgIpc) is 3.70. The second kappa shape index (κ2) is 10.7. The molecular formula is C30H23N5O2S2. The summed E-state index contributed by atoms with van der Waals surface area (Å²) < 4.78 is 7.15. The molecule has 1 fully saturated rings. The molecule has 39 heavy (non-hydrogen) atoms. The van der Waals surface area contributed by atoms with Gasteiger partial charge in [0, 0.05) is 35.3 Å². The number of aliphatic imine (C=N–C) groups is 1. The molecule has 5 aromatic rings. The molecule has 3 aromatic carbocycles. The maximum Gasteiger partial charge on any atom is 0.266 e. The molecule has 0 spiro atoms. The number of carbonyl (C=O) groups is 1. The van der Waals surface area contributed by atoms with Crippen LogP contribution in [0.1, 0.15) is 5.56 Å². The minimum Gasteiger partial charge on any atom is -0.497 e. The lowest BCUT2D eigenvalue weighted by atomic mass is 10.1. The summed E-state index contributed by atoms with van der Waals surface area (Å²) in [6.45, 7) is 0. The molecule has 0 N–H and O–H groups in total. The van der Waals surface area contributed by atoms with E-state index in [0.29, 0.717) is 15.2 Å². The minimum absolute atomic E-state index is 0.119. The first kappa shape index (κ1) is 24.8. The van der Waals surface area contributed by atoms with Crippen LogP contribution in [0.2, 0.25) is 0 Å². The molecule has 1 amide bonds. The lowest BCUT2D eigenvalue weighted by Crippen LogP contribution is -2.23. The Labute approximate surface area is 234 Å². The van der Waals surface area contributed by atoms with Crippen molar-refractivity contribution in [2.45, 2.75) is 0 Å². The van der Waals surface area contributed by atoms with E-state index in [1.54, 1.807) is 19.1 Å². The van der Waals surface area contributed by atoms with Crippen LogP contribution in [-0.2, 0) is 4.79 Å². The summed E-state index contributed by atoms with van der Waals surface area (Å²) in [5, 5.41) is 8.04. The van der Waals surface area contributed by atoms with Crippen molar-refractivity contribution in [1.82, 2.24) is 19.7 Å². The Bertz CT molecular complexity index is 1690. The van der Waals surface area contributed by atoms with Crippen molar-refractivity contribution < 1.29 is 9.53 Å². The number of amides is 1. The van der Waals surface area contributed by atoms with Crippen molar-refractivity contribution in [2.75, 3.05) is 14.2 Å². The number of thioether (sulfide) groups is 1. The molecule has 1 aliphatic rings. The first-order valence-electron chi connectivity index (χ1n) is 12.2. The largest absolute Gasteiger partial charge is 0.497 e. The Hall–Kier alpha value is -4.47. The van der Waals surface area contributed by atoms with Crippen LogP contribution in [0.25, 0.3) is 34.3 Å². The Morgan fingerprint density at radius 2 is 1.64 bits per heavy atom. The van der Waals surface area contributed by atoms with Crippen molar-refractivity contribution in [3.05, 3.63) is 107 Å². The summed E-state index contributed by atoms with van der Waals surface area (Å²) in [5.41, 5.74) is 5.35. The molecule has 2 aromatic heterocycles. The third-order valence-electron chi connectivity index (χ3n) is 6.17. The molecule has 0 bridgehead atoms. The van der Waals surface area contributed by atoms with Crippen molar-refractivity contribution in [3.8, 4) is 34.0 Å². The Kier molecular flexibility index (Phi) is 6.83. The molecule has 192 valence electrons. The molecule has 9 heteroatoms. The SMILES string of the molecule is COc1ccc(-c2nn(-c3ccccc3)cc2/C=C2\S/C(=N/c3nc(-c4ccccc4)cs3)N(C)C2=O)cc1. The third kappa shape index (κ3) is 5.14. The van der Waals surface area contributed by atoms with Crippen molar-refractivity contribution in [1.29, 1.82) is 0 Å². The number of amidine groups is 1. The molecule has 3 heterocycles. The van der Waals surface area contributed by atoms with Crippen molar-refractivity contribution in [3.63, 3.8) is 0 Å². The molecule has 0 saturated carbocycles. The van der Waals surface area contributed by atoms with Gasteiger partial charge in [0.05, 0.1) is 29.1 Å². The van der Waals surface area contributed by atoms with Crippen LogP contribution >= 0.6 is 23.1 Å². The number of likely N-dealkylation sites (N-methyl/N-ethyl adjacent to an activating group) is 1. The van der Waals surface area contributed by atoms with E-state index in [-0.39, 0.29) is 5.91 Å². The van der Waals surface area contributed by atoms with Gasteiger partial charge in [0.2, 0.25) is 5.13 Å². The fraction of sp³-hybridized carbons (Fsp3) is 0.0667. The van der Waals surface area contributed by atoms with Crippen LogP contribution in [0.3, 0.4) is 0 Å². The van der Waals surface area contributed by atoms with E-state index in [9.17, 15) is 4.79 Å². The fourth-order valence-corrected chi connectivity index (χ4v) is 5.82. The van der Waals surface area contributed by atoms with Gasteiger partial charge in [0.25, 0.3) is 5.91 Å². The highest BCUT2D eigenvalue weighted by Gasteiger charge is 2.31. The molecule has 7 nitrogen and oxygen atoms in total. The number of hydrogen-bond donors (Lipinski definition) is 0. The van der Waals surface area contributed by atoms with Gasteiger partial charge in [-0.25, -0.2) is 9.67 Å².